The number of hydrogen-bond acceptors (Lipinski definition) is 3. The van der Waals surface area contributed by atoms with Gasteiger partial charge in [-0.2, -0.15) is 8.42 Å². The van der Waals surface area contributed by atoms with Gasteiger partial charge in [0.1, 0.15) is 0 Å². The molecule has 0 saturated carbocycles. The molecule has 0 amide bonds. The van der Waals surface area contributed by atoms with Crippen LogP contribution in [0.1, 0.15) is 12.0 Å². The Balaban J connectivity index is 0.000000385. The third-order valence-electron chi connectivity index (χ3n) is 1.47. The molecule has 6 nitrogen and oxygen atoms in total. The molecule has 0 aromatic heterocycles. The summed E-state index contributed by atoms with van der Waals surface area (Å²) in [7, 11) is -4.67. The van der Waals surface area contributed by atoms with Crippen LogP contribution in [-0.2, 0) is 21.6 Å². The van der Waals surface area contributed by atoms with Gasteiger partial charge in [0.05, 0.1) is 0 Å². The molecule has 0 aliphatic rings. The van der Waals surface area contributed by atoms with Crippen molar-refractivity contribution in [2.75, 3.05) is 0 Å². The summed E-state index contributed by atoms with van der Waals surface area (Å²) >= 11 is 0. The van der Waals surface area contributed by atoms with Gasteiger partial charge in [-0.15, -0.1) is 0 Å². The van der Waals surface area contributed by atoms with Gasteiger partial charge in [-0.3, -0.25) is 13.9 Å². The number of aliphatic carboxylic acids is 1. The summed E-state index contributed by atoms with van der Waals surface area (Å²) in [4.78, 5) is 10.2. The van der Waals surface area contributed by atoms with E-state index in [0.29, 0.717) is 6.42 Å². The lowest BCUT2D eigenvalue weighted by Crippen LogP contribution is -1.96. The van der Waals surface area contributed by atoms with E-state index in [0.717, 1.165) is 5.56 Å². The quantitative estimate of drug-likeness (QED) is 0.689. The van der Waals surface area contributed by atoms with Crippen molar-refractivity contribution >= 4 is 16.4 Å². The normalized spacial score (nSPS) is 10.1. The van der Waals surface area contributed by atoms with Gasteiger partial charge in [-0.25, -0.2) is 0 Å². The lowest BCUT2D eigenvalue weighted by molar-refractivity contribution is -0.136. The highest BCUT2D eigenvalue weighted by Gasteiger charge is 1.96. The smallest absolute Gasteiger partial charge is 0.394 e. The van der Waals surface area contributed by atoms with Crippen LogP contribution in [0.25, 0.3) is 0 Å². The van der Waals surface area contributed by atoms with Crippen LogP contribution in [0.5, 0.6) is 0 Å². The van der Waals surface area contributed by atoms with Crippen LogP contribution in [0, 0.1) is 0 Å². The number of rotatable bonds is 3. The molecule has 0 unspecified atom stereocenters. The maximum atomic E-state index is 10.2. The molecule has 16 heavy (non-hydrogen) atoms. The van der Waals surface area contributed by atoms with Gasteiger partial charge in [-0.05, 0) is 12.0 Å². The summed E-state index contributed by atoms with van der Waals surface area (Å²) in [5.41, 5.74) is 1.08. The molecule has 0 heterocycles. The summed E-state index contributed by atoms with van der Waals surface area (Å²) in [6.45, 7) is 0. The average molecular weight is 248 g/mol. The molecular weight excluding hydrogens is 236 g/mol. The molecule has 0 aliphatic carbocycles. The highest BCUT2D eigenvalue weighted by atomic mass is 32.3. The lowest BCUT2D eigenvalue weighted by atomic mass is 10.1. The molecule has 0 bridgehead atoms. The summed E-state index contributed by atoms with van der Waals surface area (Å²) in [5, 5.41) is 8.37. The third-order valence-corrected chi connectivity index (χ3v) is 1.47. The Morgan fingerprint density at radius 2 is 1.56 bits per heavy atom. The molecule has 0 aliphatic heterocycles. The second-order valence-corrected chi connectivity index (χ2v) is 3.72. The average Bonchev–Trinajstić information content (AvgIpc) is 2.14. The fourth-order valence-electron chi connectivity index (χ4n) is 0.896. The molecule has 0 saturated heterocycles. The van der Waals surface area contributed by atoms with E-state index in [2.05, 4.69) is 0 Å². The van der Waals surface area contributed by atoms with Crippen molar-refractivity contribution in [2.45, 2.75) is 12.8 Å². The Hall–Kier alpha value is -1.44. The zero-order chi connectivity index (χ0) is 12.6. The number of benzene rings is 1. The minimum Gasteiger partial charge on any atom is -0.481 e. The van der Waals surface area contributed by atoms with E-state index in [-0.39, 0.29) is 6.42 Å². The van der Waals surface area contributed by atoms with Crippen LogP contribution in [0.15, 0.2) is 30.3 Å². The van der Waals surface area contributed by atoms with E-state index < -0.39 is 16.4 Å². The Morgan fingerprint density at radius 1 is 1.12 bits per heavy atom. The maximum Gasteiger partial charge on any atom is 0.394 e. The monoisotopic (exact) mass is 248 g/mol. The van der Waals surface area contributed by atoms with E-state index >= 15 is 0 Å². The summed E-state index contributed by atoms with van der Waals surface area (Å²) in [6.07, 6.45) is 0.834. The van der Waals surface area contributed by atoms with Crippen LogP contribution in [0.2, 0.25) is 0 Å². The predicted molar refractivity (Wildman–Crippen MR) is 56.6 cm³/mol. The van der Waals surface area contributed by atoms with Gasteiger partial charge < -0.3 is 5.11 Å². The Morgan fingerprint density at radius 3 is 1.94 bits per heavy atom. The topological polar surface area (TPSA) is 112 Å². The highest BCUT2D eigenvalue weighted by Crippen LogP contribution is 2.01. The largest absolute Gasteiger partial charge is 0.481 e. The zero-order valence-corrected chi connectivity index (χ0v) is 9.09. The molecule has 7 heteroatoms. The fourth-order valence-corrected chi connectivity index (χ4v) is 0.896. The first-order valence-electron chi connectivity index (χ1n) is 4.24. The van der Waals surface area contributed by atoms with Crippen molar-refractivity contribution in [1.82, 2.24) is 0 Å². The predicted octanol–water partition coefficient (Wildman–Crippen LogP) is 1.05. The molecule has 0 fully saturated rings. The van der Waals surface area contributed by atoms with E-state index in [1.807, 2.05) is 30.3 Å². The number of hydrogen-bond donors (Lipinski definition) is 3. The van der Waals surface area contributed by atoms with Crippen molar-refractivity contribution in [1.29, 1.82) is 0 Å². The van der Waals surface area contributed by atoms with Gasteiger partial charge in [0, 0.05) is 6.42 Å². The first-order valence-corrected chi connectivity index (χ1v) is 5.64. The van der Waals surface area contributed by atoms with Crippen LogP contribution in [0.3, 0.4) is 0 Å². The van der Waals surface area contributed by atoms with Crippen LogP contribution in [-0.4, -0.2) is 28.6 Å². The highest BCUT2D eigenvalue weighted by molar-refractivity contribution is 7.79. The maximum absolute atomic E-state index is 10.2. The van der Waals surface area contributed by atoms with E-state index in [4.69, 9.17) is 22.6 Å². The molecule has 1 rings (SSSR count). The Labute approximate surface area is 93.1 Å². The van der Waals surface area contributed by atoms with Crippen LogP contribution < -0.4 is 0 Å². The first kappa shape index (κ1) is 14.6. The van der Waals surface area contributed by atoms with Gasteiger partial charge in [0.15, 0.2) is 0 Å². The summed E-state index contributed by atoms with van der Waals surface area (Å²) in [5.74, 6) is -0.742. The second kappa shape index (κ2) is 6.94. The standard InChI is InChI=1S/C9H10O2.H2O4S/c10-9(11)7-6-8-4-2-1-3-5-8;1-5(2,3)4/h1-5H,6-7H2,(H,10,11);(H2,1,2,3,4). The van der Waals surface area contributed by atoms with Gasteiger partial charge in [-0.1, -0.05) is 30.3 Å². The first-order chi connectivity index (χ1) is 7.29. The molecule has 1 aromatic rings. The molecule has 0 spiro atoms. The minimum absolute atomic E-state index is 0.212. The molecular formula is C9H12O6S. The zero-order valence-electron chi connectivity index (χ0n) is 8.28. The van der Waals surface area contributed by atoms with Gasteiger partial charge in [0.25, 0.3) is 0 Å². The van der Waals surface area contributed by atoms with E-state index in [1.165, 1.54) is 0 Å². The molecule has 3 N–H and O–H groups in total. The van der Waals surface area contributed by atoms with E-state index in [1.54, 1.807) is 0 Å². The SMILES string of the molecule is O=C(O)CCc1ccccc1.O=S(=O)(O)O. The second-order valence-electron chi connectivity index (χ2n) is 2.83. The molecule has 0 atom stereocenters. The Bertz CT molecular complexity index is 403. The van der Waals surface area contributed by atoms with Gasteiger partial charge in [0.2, 0.25) is 0 Å². The summed E-state index contributed by atoms with van der Waals surface area (Å²) < 4.78 is 31.6. The number of carboxylic acid groups (broad SMARTS) is 1. The molecule has 90 valence electrons. The van der Waals surface area contributed by atoms with Gasteiger partial charge >= 0.3 is 16.4 Å². The lowest BCUT2D eigenvalue weighted by Gasteiger charge is -1.95. The summed E-state index contributed by atoms with van der Waals surface area (Å²) in [6, 6.07) is 9.62. The van der Waals surface area contributed by atoms with Crippen molar-refractivity contribution in [3.8, 4) is 0 Å². The van der Waals surface area contributed by atoms with Crippen molar-refractivity contribution in [3.05, 3.63) is 35.9 Å². The van der Waals surface area contributed by atoms with Crippen molar-refractivity contribution in [2.24, 2.45) is 0 Å². The van der Waals surface area contributed by atoms with Crippen molar-refractivity contribution in [3.63, 3.8) is 0 Å². The van der Waals surface area contributed by atoms with Crippen LogP contribution in [0.4, 0.5) is 0 Å². The minimum atomic E-state index is -4.67. The Kier molecular flexibility index (Phi) is 6.31. The number of carbonyl (C=O) groups is 1. The van der Waals surface area contributed by atoms with E-state index in [9.17, 15) is 4.79 Å². The number of carboxylic acids is 1. The number of aryl methyl sites for hydroxylation is 1. The van der Waals surface area contributed by atoms with Crippen LogP contribution >= 0.6 is 0 Å². The molecule has 0 radical (unpaired) electrons. The molecule has 1 aromatic carbocycles. The van der Waals surface area contributed by atoms with Crippen molar-refractivity contribution < 1.29 is 27.4 Å². The third kappa shape index (κ3) is 12.6. The fraction of sp³-hybridized carbons (Fsp3) is 0.222.